The lowest BCUT2D eigenvalue weighted by Crippen LogP contribution is -2.41. The Balaban J connectivity index is 1.67. The van der Waals surface area contributed by atoms with Crippen molar-refractivity contribution in [1.29, 1.82) is 0 Å². The van der Waals surface area contributed by atoms with Gasteiger partial charge in [-0.1, -0.05) is 30.0 Å². The fraction of sp³-hybridized carbons (Fsp3) is 0.348. The van der Waals surface area contributed by atoms with E-state index in [0.717, 1.165) is 23.4 Å². The molecule has 0 saturated heterocycles. The van der Waals surface area contributed by atoms with Crippen LogP contribution in [0.25, 0.3) is 17.1 Å². The van der Waals surface area contributed by atoms with E-state index in [1.54, 1.807) is 0 Å². The summed E-state index contributed by atoms with van der Waals surface area (Å²) in [6, 6.07) is 15.7. The zero-order valence-corrected chi connectivity index (χ0v) is 18.7. The van der Waals surface area contributed by atoms with Crippen LogP contribution < -0.4 is 14.8 Å². The van der Waals surface area contributed by atoms with Crippen molar-refractivity contribution >= 4 is 17.7 Å². The molecule has 2 heterocycles. The van der Waals surface area contributed by atoms with Crippen molar-refractivity contribution in [1.82, 2.24) is 20.1 Å². The molecule has 0 bridgehead atoms. The Bertz CT molecular complexity index is 1060. The van der Waals surface area contributed by atoms with Crippen molar-refractivity contribution in [3.63, 3.8) is 0 Å². The predicted octanol–water partition coefficient (Wildman–Crippen LogP) is 4.10. The second-order valence-electron chi connectivity index (χ2n) is 8.28. The quantitative estimate of drug-likeness (QED) is 0.604. The van der Waals surface area contributed by atoms with Crippen LogP contribution >= 0.6 is 11.8 Å². The lowest BCUT2D eigenvalue weighted by Gasteiger charge is -2.20. The van der Waals surface area contributed by atoms with Gasteiger partial charge in [-0.2, -0.15) is 0 Å². The molecule has 0 spiro atoms. The molecular weight excluding hydrogens is 412 g/mol. The number of fused-ring (bicyclic) bond motifs is 1. The van der Waals surface area contributed by atoms with E-state index in [0.29, 0.717) is 29.9 Å². The number of aromatic nitrogens is 3. The van der Waals surface area contributed by atoms with Gasteiger partial charge < -0.3 is 14.8 Å². The summed E-state index contributed by atoms with van der Waals surface area (Å²) in [5, 5.41) is 12.5. The first kappa shape index (κ1) is 21.2. The number of nitrogens with one attached hydrogen (secondary N) is 1. The van der Waals surface area contributed by atoms with Crippen LogP contribution in [0.4, 0.5) is 0 Å². The van der Waals surface area contributed by atoms with Gasteiger partial charge in [0, 0.05) is 23.2 Å². The minimum Gasteiger partial charge on any atom is -0.490 e. The molecule has 0 atom stereocenters. The summed E-state index contributed by atoms with van der Waals surface area (Å²) in [6.45, 7) is 7.15. The second kappa shape index (κ2) is 9.01. The van der Waals surface area contributed by atoms with E-state index >= 15 is 0 Å². The predicted molar refractivity (Wildman–Crippen MR) is 121 cm³/mol. The maximum Gasteiger partial charge on any atom is 0.230 e. The second-order valence-corrected chi connectivity index (χ2v) is 9.22. The first-order valence-electron chi connectivity index (χ1n) is 10.3. The molecule has 0 unspecified atom stereocenters. The summed E-state index contributed by atoms with van der Waals surface area (Å²) in [5.74, 6) is 2.33. The van der Waals surface area contributed by atoms with Crippen molar-refractivity contribution in [3.05, 3.63) is 48.5 Å². The number of rotatable bonds is 5. The maximum atomic E-state index is 12.3. The molecule has 162 valence electrons. The van der Waals surface area contributed by atoms with E-state index in [-0.39, 0.29) is 17.2 Å². The third-order valence-corrected chi connectivity index (χ3v) is 5.43. The molecule has 0 saturated carbocycles. The van der Waals surface area contributed by atoms with Gasteiger partial charge in [0.05, 0.1) is 19.0 Å². The number of hydrogen-bond acceptors (Lipinski definition) is 6. The van der Waals surface area contributed by atoms with Crippen LogP contribution in [0.5, 0.6) is 11.5 Å². The molecule has 1 amide bonds. The third kappa shape index (κ3) is 5.19. The van der Waals surface area contributed by atoms with E-state index in [4.69, 9.17) is 9.47 Å². The number of thioether (sulfide) groups is 1. The third-order valence-electron chi connectivity index (χ3n) is 4.50. The molecular formula is C23H26N4O3S. The molecule has 0 aliphatic carbocycles. The first-order valence-corrected chi connectivity index (χ1v) is 11.2. The Morgan fingerprint density at radius 2 is 1.81 bits per heavy atom. The van der Waals surface area contributed by atoms with Crippen LogP contribution in [-0.4, -0.2) is 45.2 Å². The summed E-state index contributed by atoms with van der Waals surface area (Å²) in [5.41, 5.74) is 1.51. The van der Waals surface area contributed by atoms with Crippen LogP contribution in [0, 0.1) is 0 Å². The smallest absolute Gasteiger partial charge is 0.230 e. The number of carbonyl (C=O) groups excluding carboxylic acids is 1. The number of hydrogen-bond donors (Lipinski definition) is 1. The lowest BCUT2D eigenvalue weighted by atomic mass is 10.1. The van der Waals surface area contributed by atoms with Crippen LogP contribution in [-0.2, 0) is 4.79 Å². The molecule has 3 aromatic rings. The van der Waals surface area contributed by atoms with Gasteiger partial charge in [-0.3, -0.25) is 9.36 Å². The normalized spacial score (nSPS) is 13.5. The number of nitrogens with zero attached hydrogens (tertiary/aromatic N) is 3. The topological polar surface area (TPSA) is 78.3 Å². The monoisotopic (exact) mass is 438 g/mol. The van der Waals surface area contributed by atoms with Gasteiger partial charge in [0.2, 0.25) is 5.91 Å². The number of benzene rings is 2. The van der Waals surface area contributed by atoms with Gasteiger partial charge in [-0.15, -0.1) is 10.2 Å². The highest BCUT2D eigenvalue weighted by Crippen LogP contribution is 2.35. The largest absolute Gasteiger partial charge is 0.490 e. The molecule has 1 aromatic heterocycles. The number of carbonyl (C=O) groups is 1. The van der Waals surface area contributed by atoms with E-state index in [9.17, 15) is 4.79 Å². The highest BCUT2D eigenvalue weighted by atomic mass is 32.2. The Morgan fingerprint density at radius 3 is 2.55 bits per heavy atom. The average Bonchev–Trinajstić information content (AvgIpc) is 3.01. The fourth-order valence-electron chi connectivity index (χ4n) is 3.25. The van der Waals surface area contributed by atoms with Crippen molar-refractivity contribution in [2.24, 2.45) is 0 Å². The zero-order valence-electron chi connectivity index (χ0n) is 17.9. The molecule has 7 nitrogen and oxygen atoms in total. The van der Waals surface area contributed by atoms with Crippen molar-refractivity contribution in [3.8, 4) is 28.6 Å². The Hall–Kier alpha value is -3.00. The molecule has 1 N–H and O–H groups in total. The SMILES string of the molecule is CC(C)(C)NC(=O)CSc1nnc(-c2ccc3c(c2)OCCCO3)n1-c1ccccc1. The van der Waals surface area contributed by atoms with Gasteiger partial charge in [-0.25, -0.2) is 0 Å². The van der Waals surface area contributed by atoms with Gasteiger partial charge in [0.25, 0.3) is 0 Å². The first-order chi connectivity index (χ1) is 14.9. The van der Waals surface area contributed by atoms with E-state index in [2.05, 4.69) is 15.5 Å². The fourth-order valence-corrected chi connectivity index (χ4v) is 4.00. The average molecular weight is 439 g/mol. The molecule has 1 aliphatic rings. The number of ether oxygens (including phenoxy) is 2. The van der Waals surface area contributed by atoms with Gasteiger partial charge in [-0.05, 0) is 51.1 Å². The summed E-state index contributed by atoms with van der Waals surface area (Å²) in [7, 11) is 0. The summed E-state index contributed by atoms with van der Waals surface area (Å²) < 4.78 is 13.6. The minimum atomic E-state index is -0.278. The van der Waals surface area contributed by atoms with Crippen molar-refractivity contribution in [2.75, 3.05) is 19.0 Å². The van der Waals surface area contributed by atoms with Crippen LogP contribution in [0.3, 0.4) is 0 Å². The van der Waals surface area contributed by atoms with E-state index in [1.807, 2.05) is 73.9 Å². The van der Waals surface area contributed by atoms with E-state index < -0.39 is 0 Å². The Kier molecular flexibility index (Phi) is 6.18. The Morgan fingerprint density at radius 1 is 1.06 bits per heavy atom. The Labute approximate surface area is 186 Å². The highest BCUT2D eigenvalue weighted by molar-refractivity contribution is 7.99. The molecule has 31 heavy (non-hydrogen) atoms. The van der Waals surface area contributed by atoms with Crippen molar-refractivity contribution in [2.45, 2.75) is 37.9 Å². The molecule has 0 fully saturated rings. The van der Waals surface area contributed by atoms with Gasteiger partial charge in [0.1, 0.15) is 0 Å². The highest BCUT2D eigenvalue weighted by Gasteiger charge is 2.20. The molecule has 0 radical (unpaired) electrons. The number of amides is 1. The summed E-state index contributed by atoms with van der Waals surface area (Å²) in [4.78, 5) is 12.3. The summed E-state index contributed by atoms with van der Waals surface area (Å²) >= 11 is 1.36. The molecule has 2 aromatic carbocycles. The number of para-hydroxylation sites is 1. The molecule has 8 heteroatoms. The molecule has 4 rings (SSSR count). The van der Waals surface area contributed by atoms with Crippen LogP contribution in [0.1, 0.15) is 27.2 Å². The van der Waals surface area contributed by atoms with E-state index in [1.165, 1.54) is 11.8 Å². The lowest BCUT2D eigenvalue weighted by molar-refractivity contribution is -0.119. The molecule has 1 aliphatic heterocycles. The van der Waals surface area contributed by atoms with Gasteiger partial charge >= 0.3 is 0 Å². The van der Waals surface area contributed by atoms with Crippen LogP contribution in [0.2, 0.25) is 0 Å². The van der Waals surface area contributed by atoms with Crippen LogP contribution in [0.15, 0.2) is 53.7 Å². The minimum absolute atomic E-state index is 0.0442. The standard InChI is InChI=1S/C23H26N4O3S/c1-23(2,3)24-20(28)15-31-22-26-25-21(27(22)17-8-5-4-6-9-17)16-10-11-18-19(14-16)30-13-7-12-29-18/h4-6,8-11,14H,7,12-13,15H2,1-3H3,(H,24,28). The van der Waals surface area contributed by atoms with Crippen molar-refractivity contribution < 1.29 is 14.3 Å². The zero-order chi connectivity index (χ0) is 21.8. The summed E-state index contributed by atoms with van der Waals surface area (Å²) in [6.07, 6.45) is 0.849. The van der Waals surface area contributed by atoms with Gasteiger partial charge in [0.15, 0.2) is 22.5 Å². The maximum absolute atomic E-state index is 12.3.